The van der Waals surface area contributed by atoms with Crippen LogP contribution in [0.3, 0.4) is 0 Å². The lowest BCUT2D eigenvalue weighted by atomic mass is 9.76. The molecule has 0 saturated heterocycles. The Morgan fingerprint density at radius 3 is 1.41 bits per heavy atom. The van der Waals surface area contributed by atoms with Gasteiger partial charge in [0.2, 0.25) is 0 Å². The Morgan fingerprint density at radius 2 is 0.892 bits per heavy atom. The van der Waals surface area contributed by atoms with E-state index in [1.807, 2.05) is 32.0 Å². The van der Waals surface area contributed by atoms with Gasteiger partial charge in [0.1, 0.15) is 0 Å². The summed E-state index contributed by atoms with van der Waals surface area (Å²) in [6.45, 7) is 4.00. The highest BCUT2D eigenvalue weighted by atomic mass is 16.4. The zero-order valence-corrected chi connectivity index (χ0v) is 20.9. The standard InChI is InChI=1S/C32H21BO2.C2H6/c34-33(35)27-19-18-26-30-24(27)16-9-17-25(30)31-28(20-10-3-1-4-11-20)22-14-7-8-15-23(22)29(32(26)31)21-12-5-2-6-13-21;1-2/h1-19,34-35H;1-2H3. The lowest BCUT2D eigenvalue weighted by molar-refractivity contribution is 0.426. The molecule has 0 atom stereocenters. The molecule has 0 aliphatic heterocycles. The Balaban J connectivity index is 0.00000123. The van der Waals surface area contributed by atoms with Crippen molar-refractivity contribution in [1.82, 2.24) is 0 Å². The molecule has 3 heteroatoms. The first kappa shape index (κ1) is 23.2. The first-order valence-corrected chi connectivity index (χ1v) is 12.9. The Bertz CT molecular complexity index is 1660. The van der Waals surface area contributed by atoms with Crippen molar-refractivity contribution in [2.24, 2.45) is 0 Å². The fourth-order valence-electron chi connectivity index (χ4n) is 5.86. The van der Waals surface area contributed by atoms with Crippen LogP contribution >= 0.6 is 0 Å². The SMILES string of the molecule is CC.OB(O)c1ccc2c3c(cccc13)-c1c-2c(-c2ccccc2)c2ccccc2c1-c1ccccc1. The molecule has 0 bridgehead atoms. The molecule has 0 heterocycles. The van der Waals surface area contributed by atoms with Crippen LogP contribution in [0.5, 0.6) is 0 Å². The molecule has 0 unspecified atom stereocenters. The van der Waals surface area contributed by atoms with Crippen LogP contribution in [0.1, 0.15) is 13.8 Å². The second kappa shape index (κ2) is 9.36. The molecule has 178 valence electrons. The molecule has 0 fully saturated rings. The molecule has 0 aromatic heterocycles. The molecule has 37 heavy (non-hydrogen) atoms. The Morgan fingerprint density at radius 1 is 0.432 bits per heavy atom. The number of hydrogen-bond donors (Lipinski definition) is 2. The molecule has 0 saturated carbocycles. The van der Waals surface area contributed by atoms with Gasteiger partial charge < -0.3 is 10.0 Å². The molecular weight excluding hydrogens is 451 g/mol. The van der Waals surface area contributed by atoms with E-state index in [9.17, 15) is 10.0 Å². The number of rotatable bonds is 3. The van der Waals surface area contributed by atoms with Gasteiger partial charge in [0.05, 0.1) is 0 Å². The van der Waals surface area contributed by atoms with Gasteiger partial charge in [0.25, 0.3) is 0 Å². The summed E-state index contributed by atoms with van der Waals surface area (Å²) < 4.78 is 0. The van der Waals surface area contributed by atoms with E-state index >= 15 is 0 Å². The predicted octanol–water partition coefficient (Wildman–Crippen LogP) is 7.68. The molecule has 1 aliphatic rings. The van der Waals surface area contributed by atoms with Crippen molar-refractivity contribution in [2.75, 3.05) is 0 Å². The molecule has 2 N–H and O–H groups in total. The van der Waals surface area contributed by atoms with E-state index in [4.69, 9.17) is 0 Å². The fourth-order valence-corrected chi connectivity index (χ4v) is 5.86. The van der Waals surface area contributed by atoms with Crippen molar-refractivity contribution in [3.05, 3.63) is 115 Å². The highest BCUT2D eigenvalue weighted by molar-refractivity contribution is 6.62. The Kier molecular flexibility index (Phi) is 5.88. The normalized spacial score (nSPS) is 11.2. The van der Waals surface area contributed by atoms with Crippen LogP contribution < -0.4 is 5.46 Å². The zero-order valence-electron chi connectivity index (χ0n) is 20.9. The molecule has 7 rings (SSSR count). The van der Waals surface area contributed by atoms with Crippen molar-refractivity contribution in [3.8, 4) is 44.5 Å². The zero-order chi connectivity index (χ0) is 25.5. The second-order valence-electron chi connectivity index (χ2n) is 9.08. The molecular formula is C34H27BO2. The van der Waals surface area contributed by atoms with Crippen LogP contribution in [0.25, 0.3) is 66.1 Å². The Labute approximate surface area is 217 Å². The van der Waals surface area contributed by atoms with Gasteiger partial charge in [-0.15, -0.1) is 0 Å². The molecule has 0 radical (unpaired) electrons. The molecule has 6 aromatic carbocycles. The van der Waals surface area contributed by atoms with Gasteiger partial charge in [-0.05, 0) is 71.5 Å². The van der Waals surface area contributed by atoms with E-state index in [1.54, 1.807) is 0 Å². The molecule has 6 aromatic rings. The minimum absolute atomic E-state index is 0.533. The van der Waals surface area contributed by atoms with E-state index < -0.39 is 7.12 Å². The summed E-state index contributed by atoms with van der Waals surface area (Å²) in [6, 6.07) is 39.9. The average Bonchev–Trinajstić information content (AvgIpc) is 3.29. The van der Waals surface area contributed by atoms with E-state index in [0.717, 1.165) is 21.9 Å². The lowest BCUT2D eigenvalue weighted by Crippen LogP contribution is -2.30. The molecule has 1 aliphatic carbocycles. The number of hydrogen-bond acceptors (Lipinski definition) is 2. The van der Waals surface area contributed by atoms with Gasteiger partial charge in [0.15, 0.2) is 0 Å². The van der Waals surface area contributed by atoms with Crippen LogP contribution in [0, 0.1) is 0 Å². The predicted molar refractivity (Wildman–Crippen MR) is 158 cm³/mol. The highest BCUT2D eigenvalue weighted by Gasteiger charge is 2.31. The first-order chi connectivity index (χ1) is 18.2. The monoisotopic (exact) mass is 478 g/mol. The fraction of sp³-hybridized carbons (Fsp3) is 0.0588. The van der Waals surface area contributed by atoms with Crippen molar-refractivity contribution in [3.63, 3.8) is 0 Å². The van der Waals surface area contributed by atoms with Crippen molar-refractivity contribution >= 4 is 34.1 Å². The van der Waals surface area contributed by atoms with Crippen LogP contribution in [0.2, 0.25) is 0 Å². The summed E-state index contributed by atoms with van der Waals surface area (Å²) in [6.07, 6.45) is 0. The molecule has 0 amide bonds. The van der Waals surface area contributed by atoms with Crippen LogP contribution in [0.15, 0.2) is 115 Å². The maximum absolute atomic E-state index is 10.1. The number of fused-ring (bicyclic) bond motifs is 4. The highest BCUT2D eigenvalue weighted by Crippen LogP contribution is 2.57. The summed E-state index contributed by atoms with van der Waals surface area (Å²) in [5.41, 5.74) is 9.99. The largest absolute Gasteiger partial charge is 0.489 e. The topological polar surface area (TPSA) is 40.5 Å². The summed E-state index contributed by atoms with van der Waals surface area (Å²) in [5.74, 6) is 0. The summed E-state index contributed by atoms with van der Waals surface area (Å²) in [5, 5.41) is 24.6. The van der Waals surface area contributed by atoms with Crippen LogP contribution in [0.4, 0.5) is 0 Å². The van der Waals surface area contributed by atoms with Gasteiger partial charge in [-0.1, -0.05) is 129 Å². The van der Waals surface area contributed by atoms with Gasteiger partial charge in [-0.25, -0.2) is 0 Å². The first-order valence-electron chi connectivity index (χ1n) is 12.9. The maximum Gasteiger partial charge on any atom is 0.489 e. The van der Waals surface area contributed by atoms with Gasteiger partial charge >= 0.3 is 7.12 Å². The van der Waals surface area contributed by atoms with E-state index in [2.05, 4.69) is 97.1 Å². The third kappa shape index (κ3) is 3.51. The smallest absolute Gasteiger partial charge is 0.423 e. The quantitative estimate of drug-likeness (QED) is 0.256. The second-order valence-corrected chi connectivity index (χ2v) is 9.08. The van der Waals surface area contributed by atoms with Crippen LogP contribution in [-0.4, -0.2) is 17.2 Å². The third-order valence-electron chi connectivity index (χ3n) is 7.23. The summed E-state index contributed by atoms with van der Waals surface area (Å²) >= 11 is 0. The summed E-state index contributed by atoms with van der Waals surface area (Å²) in [7, 11) is -1.52. The van der Waals surface area contributed by atoms with Gasteiger partial charge in [-0.3, -0.25) is 0 Å². The van der Waals surface area contributed by atoms with Gasteiger partial charge in [0, 0.05) is 0 Å². The number of benzene rings is 6. The van der Waals surface area contributed by atoms with E-state index in [-0.39, 0.29) is 0 Å². The Hall–Kier alpha value is -4.18. The minimum Gasteiger partial charge on any atom is -0.423 e. The molecule has 0 spiro atoms. The lowest BCUT2D eigenvalue weighted by Gasteiger charge is -2.20. The average molecular weight is 478 g/mol. The van der Waals surface area contributed by atoms with Crippen molar-refractivity contribution in [2.45, 2.75) is 13.8 Å². The summed E-state index contributed by atoms with van der Waals surface area (Å²) in [4.78, 5) is 0. The van der Waals surface area contributed by atoms with E-state index in [1.165, 1.54) is 44.2 Å². The molecule has 2 nitrogen and oxygen atoms in total. The van der Waals surface area contributed by atoms with E-state index in [0.29, 0.717) is 5.46 Å². The minimum atomic E-state index is -1.52. The van der Waals surface area contributed by atoms with Crippen molar-refractivity contribution in [1.29, 1.82) is 0 Å². The van der Waals surface area contributed by atoms with Gasteiger partial charge in [-0.2, -0.15) is 0 Å². The third-order valence-corrected chi connectivity index (χ3v) is 7.23. The maximum atomic E-state index is 10.1. The van der Waals surface area contributed by atoms with Crippen LogP contribution in [-0.2, 0) is 0 Å². The van der Waals surface area contributed by atoms with Crippen molar-refractivity contribution < 1.29 is 10.0 Å².